The molecule has 0 aromatic heterocycles. The van der Waals surface area contributed by atoms with Crippen LogP contribution in [0.2, 0.25) is 0 Å². The van der Waals surface area contributed by atoms with Crippen molar-refractivity contribution >= 4 is 23.5 Å². The van der Waals surface area contributed by atoms with Crippen molar-refractivity contribution in [2.24, 2.45) is 0 Å². The summed E-state index contributed by atoms with van der Waals surface area (Å²) in [5.41, 5.74) is 3.15. The van der Waals surface area contributed by atoms with Crippen LogP contribution in [0.5, 0.6) is 0 Å². The molecular weight excluding hydrogens is 428 g/mol. The lowest BCUT2D eigenvalue weighted by atomic mass is 10.2. The molecule has 1 N–H and O–H groups in total. The van der Waals surface area contributed by atoms with E-state index in [0.717, 1.165) is 16.8 Å². The molecule has 1 aliphatic heterocycles. The molecule has 1 saturated carbocycles. The SMILES string of the molecule is CC(C)=C/C=C(\C)C(=O)NC1CC12CN(c1ccc(C)cc1)C(=O)O2.CCC(C)=O.CCCC. The maximum absolute atomic E-state index is 12.3. The molecular formula is C28H42N2O4. The molecule has 1 aliphatic carbocycles. The highest BCUT2D eigenvalue weighted by Crippen LogP contribution is 2.46. The minimum Gasteiger partial charge on any atom is -0.438 e. The van der Waals surface area contributed by atoms with Gasteiger partial charge in [0.2, 0.25) is 5.91 Å². The first-order valence-corrected chi connectivity index (χ1v) is 12.2. The molecule has 1 aromatic rings. The smallest absolute Gasteiger partial charge is 0.415 e. The first-order chi connectivity index (χ1) is 16.0. The standard InChI is InChI=1S/C20H24N2O3.C4H8O.C4H10/c1-13(2)5-8-15(4)18(23)21-17-11-20(17)12-22(19(24)25-20)16-9-6-14(3)7-10-16;1-3-4(2)5;1-3-4-2/h5-10,17H,11-12H2,1-4H3,(H,21,23);3H2,1-2H3;3-4H2,1-2H3/b15-8+;;. The van der Waals surface area contributed by atoms with Crippen molar-refractivity contribution in [1.82, 2.24) is 5.32 Å². The number of aryl methyl sites for hydroxylation is 1. The summed E-state index contributed by atoms with van der Waals surface area (Å²) < 4.78 is 5.59. The number of hydrogen-bond donors (Lipinski definition) is 1. The van der Waals surface area contributed by atoms with Gasteiger partial charge in [0.1, 0.15) is 5.78 Å². The zero-order chi connectivity index (χ0) is 25.9. The fourth-order valence-electron chi connectivity index (χ4n) is 2.91. The zero-order valence-corrected chi connectivity index (χ0v) is 22.2. The molecule has 188 valence electrons. The van der Waals surface area contributed by atoms with Crippen molar-refractivity contribution < 1.29 is 19.1 Å². The van der Waals surface area contributed by atoms with Gasteiger partial charge < -0.3 is 14.8 Å². The molecule has 2 unspecified atom stereocenters. The van der Waals surface area contributed by atoms with Gasteiger partial charge in [0.15, 0.2) is 5.60 Å². The summed E-state index contributed by atoms with van der Waals surface area (Å²) in [6, 6.07) is 7.64. The molecule has 2 amide bonds. The number of unbranched alkanes of at least 4 members (excludes halogenated alkanes) is 1. The molecule has 6 heteroatoms. The third-order valence-corrected chi connectivity index (χ3v) is 5.63. The molecule has 6 nitrogen and oxygen atoms in total. The van der Waals surface area contributed by atoms with Crippen molar-refractivity contribution in [3.8, 4) is 0 Å². The minimum absolute atomic E-state index is 0.121. The highest BCUT2D eigenvalue weighted by Gasteiger charge is 2.64. The van der Waals surface area contributed by atoms with E-state index in [2.05, 4.69) is 19.2 Å². The fourth-order valence-corrected chi connectivity index (χ4v) is 2.91. The molecule has 1 saturated heterocycles. The van der Waals surface area contributed by atoms with E-state index < -0.39 is 5.60 Å². The Labute approximate surface area is 205 Å². The molecule has 34 heavy (non-hydrogen) atoms. The molecule has 1 spiro atoms. The zero-order valence-electron chi connectivity index (χ0n) is 22.2. The number of ether oxygens (including phenoxy) is 1. The van der Waals surface area contributed by atoms with Gasteiger partial charge in [-0.25, -0.2) is 4.79 Å². The lowest BCUT2D eigenvalue weighted by Crippen LogP contribution is -2.35. The number of nitrogens with zero attached hydrogens (tertiary/aromatic N) is 1. The second-order valence-corrected chi connectivity index (χ2v) is 9.23. The Morgan fingerprint density at radius 2 is 1.62 bits per heavy atom. The van der Waals surface area contributed by atoms with Crippen LogP contribution < -0.4 is 10.2 Å². The lowest BCUT2D eigenvalue weighted by Gasteiger charge is -2.13. The van der Waals surface area contributed by atoms with Gasteiger partial charge >= 0.3 is 6.09 Å². The maximum Gasteiger partial charge on any atom is 0.415 e. The molecule has 2 aliphatic rings. The van der Waals surface area contributed by atoms with E-state index in [0.29, 0.717) is 25.0 Å². The van der Waals surface area contributed by atoms with Crippen LogP contribution >= 0.6 is 0 Å². The summed E-state index contributed by atoms with van der Waals surface area (Å²) in [6.45, 7) is 16.0. The minimum atomic E-state index is -0.589. The molecule has 0 radical (unpaired) electrons. The number of ketones is 1. The van der Waals surface area contributed by atoms with E-state index in [-0.39, 0.29) is 23.8 Å². The topological polar surface area (TPSA) is 75.7 Å². The number of carbonyl (C=O) groups is 3. The van der Waals surface area contributed by atoms with E-state index in [1.165, 1.54) is 12.8 Å². The first-order valence-electron chi connectivity index (χ1n) is 12.2. The number of benzene rings is 1. The number of allylic oxidation sites excluding steroid dienone is 3. The van der Waals surface area contributed by atoms with Crippen LogP contribution in [-0.2, 0) is 14.3 Å². The Hall–Kier alpha value is -2.89. The third-order valence-electron chi connectivity index (χ3n) is 5.63. The summed E-state index contributed by atoms with van der Waals surface area (Å²) in [5, 5.41) is 2.97. The summed E-state index contributed by atoms with van der Waals surface area (Å²) in [4.78, 5) is 35.9. The molecule has 2 fully saturated rings. The number of amides is 2. The second-order valence-electron chi connectivity index (χ2n) is 9.23. The normalized spacial score (nSPS) is 20.4. The van der Waals surface area contributed by atoms with Gasteiger partial charge in [-0.05, 0) is 46.8 Å². The Balaban J connectivity index is 0.000000550. The monoisotopic (exact) mass is 470 g/mol. The van der Waals surface area contributed by atoms with Crippen LogP contribution in [0.4, 0.5) is 10.5 Å². The average Bonchev–Trinajstić information content (AvgIpc) is 3.34. The largest absolute Gasteiger partial charge is 0.438 e. The van der Waals surface area contributed by atoms with Gasteiger partial charge in [-0.3, -0.25) is 9.69 Å². The van der Waals surface area contributed by atoms with Crippen molar-refractivity contribution in [3.63, 3.8) is 0 Å². The third kappa shape index (κ3) is 9.16. The van der Waals surface area contributed by atoms with Crippen LogP contribution in [0.25, 0.3) is 0 Å². The van der Waals surface area contributed by atoms with E-state index in [9.17, 15) is 14.4 Å². The van der Waals surface area contributed by atoms with Crippen molar-refractivity contribution in [1.29, 1.82) is 0 Å². The maximum atomic E-state index is 12.3. The summed E-state index contributed by atoms with van der Waals surface area (Å²) >= 11 is 0. The predicted molar refractivity (Wildman–Crippen MR) is 139 cm³/mol. The number of rotatable bonds is 6. The molecule has 1 aromatic carbocycles. The van der Waals surface area contributed by atoms with E-state index in [4.69, 9.17) is 4.74 Å². The van der Waals surface area contributed by atoms with Crippen LogP contribution in [0.15, 0.2) is 47.6 Å². The fraction of sp³-hybridized carbons (Fsp3) is 0.536. The average molecular weight is 471 g/mol. The molecule has 0 bridgehead atoms. The highest BCUT2D eigenvalue weighted by molar-refractivity contribution is 5.95. The lowest BCUT2D eigenvalue weighted by molar-refractivity contribution is -0.118. The van der Waals surface area contributed by atoms with Gasteiger partial charge in [-0.2, -0.15) is 0 Å². The number of anilines is 1. The Morgan fingerprint density at radius 1 is 1.06 bits per heavy atom. The number of hydrogen-bond acceptors (Lipinski definition) is 4. The quantitative estimate of drug-likeness (QED) is 0.392. The Kier molecular flexibility index (Phi) is 11.8. The Bertz CT molecular complexity index is 895. The van der Waals surface area contributed by atoms with Crippen LogP contribution in [0.1, 0.15) is 79.7 Å². The van der Waals surface area contributed by atoms with Gasteiger partial charge in [-0.1, -0.05) is 69.0 Å². The summed E-state index contributed by atoms with van der Waals surface area (Å²) in [5.74, 6) is 0.134. The van der Waals surface area contributed by atoms with Gasteiger partial charge in [0.25, 0.3) is 0 Å². The van der Waals surface area contributed by atoms with Crippen LogP contribution in [0.3, 0.4) is 0 Å². The molecule has 3 rings (SSSR count). The molecule has 2 atom stereocenters. The van der Waals surface area contributed by atoms with E-state index in [1.54, 1.807) is 24.8 Å². The van der Waals surface area contributed by atoms with Gasteiger partial charge in [0, 0.05) is 24.1 Å². The van der Waals surface area contributed by atoms with Gasteiger partial charge in [0.05, 0.1) is 12.6 Å². The van der Waals surface area contributed by atoms with Crippen molar-refractivity contribution in [3.05, 3.63) is 53.1 Å². The van der Waals surface area contributed by atoms with Gasteiger partial charge in [-0.15, -0.1) is 0 Å². The van der Waals surface area contributed by atoms with E-state index >= 15 is 0 Å². The van der Waals surface area contributed by atoms with Crippen molar-refractivity contribution in [2.75, 3.05) is 11.4 Å². The molecule has 1 heterocycles. The number of nitrogens with one attached hydrogen (secondary N) is 1. The number of carbonyl (C=O) groups excluding carboxylic acids is 3. The number of Topliss-reactive ketones (excluding diaryl/α,β-unsaturated/α-hetero) is 1. The highest BCUT2D eigenvalue weighted by atomic mass is 16.6. The predicted octanol–water partition coefficient (Wildman–Crippen LogP) is 6.28. The first kappa shape index (κ1) is 29.1. The van der Waals surface area contributed by atoms with E-state index in [1.807, 2.05) is 58.0 Å². The summed E-state index contributed by atoms with van der Waals surface area (Å²) in [7, 11) is 0. The van der Waals surface area contributed by atoms with Crippen LogP contribution in [-0.4, -0.2) is 36.0 Å². The van der Waals surface area contributed by atoms with Crippen LogP contribution in [0, 0.1) is 6.92 Å². The van der Waals surface area contributed by atoms with Crippen molar-refractivity contribution in [2.45, 2.75) is 92.7 Å². The second kappa shape index (κ2) is 13.7. The Morgan fingerprint density at radius 3 is 2.09 bits per heavy atom. The summed E-state index contributed by atoms with van der Waals surface area (Å²) in [6.07, 6.45) is 7.33.